The number of aromatic hydroxyl groups is 1. The second-order valence-corrected chi connectivity index (χ2v) is 7.93. The van der Waals surface area contributed by atoms with E-state index in [-0.39, 0.29) is 16.2 Å². The number of aromatic amines is 1. The fraction of sp³-hybridized carbons (Fsp3) is 0.200. The zero-order valence-corrected chi connectivity index (χ0v) is 18.0. The number of hydrogen-bond donors (Lipinski definition) is 2. The third-order valence-corrected chi connectivity index (χ3v) is 5.75. The number of rotatable bonds is 6. The van der Waals surface area contributed by atoms with Crippen molar-refractivity contribution >= 4 is 41.2 Å². The minimum absolute atomic E-state index is 0.0129. The van der Waals surface area contributed by atoms with Crippen LogP contribution in [0.5, 0.6) is 5.88 Å². The number of hydrogen-bond acceptors (Lipinski definition) is 7. The summed E-state index contributed by atoms with van der Waals surface area (Å²) in [7, 11) is 1.55. The standard InChI is InChI=1S/C20H19N5O3S2/c1-12-5-6-24-15(10-12)22-16(14-4-3-9-30-14)17(24)21-11-13-18(26)23-20(29)25(19(13)27)7-8-28-2/h3-6,9-11,27H,7-8H2,1-2H3,(H,23,26,29). The lowest BCUT2D eigenvalue weighted by Gasteiger charge is -2.10. The highest BCUT2D eigenvalue weighted by Gasteiger charge is 2.16. The average Bonchev–Trinajstić information content (AvgIpc) is 3.35. The van der Waals surface area contributed by atoms with E-state index in [0.29, 0.717) is 24.7 Å². The van der Waals surface area contributed by atoms with Gasteiger partial charge in [-0.2, -0.15) is 0 Å². The van der Waals surface area contributed by atoms with Crippen molar-refractivity contribution in [3.8, 4) is 16.5 Å². The van der Waals surface area contributed by atoms with Crippen LogP contribution in [-0.2, 0) is 11.3 Å². The van der Waals surface area contributed by atoms with E-state index >= 15 is 0 Å². The average molecular weight is 442 g/mol. The van der Waals surface area contributed by atoms with Crippen molar-refractivity contribution in [3.05, 3.63) is 62.1 Å². The molecule has 2 N–H and O–H groups in total. The highest BCUT2D eigenvalue weighted by atomic mass is 32.1. The summed E-state index contributed by atoms with van der Waals surface area (Å²) in [5, 5.41) is 12.6. The Bertz CT molecular complexity index is 1350. The molecule has 8 nitrogen and oxygen atoms in total. The molecule has 30 heavy (non-hydrogen) atoms. The molecule has 4 aromatic heterocycles. The van der Waals surface area contributed by atoms with Crippen molar-refractivity contribution in [1.29, 1.82) is 0 Å². The molecule has 0 bridgehead atoms. The number of nitrogens with one attached hydrogen (secondary N) is 1. The van der Waals surface area contributed by atoms with Gasteiger partial charge in [0.2, 0.25) is 5.88 Å². The Morgan fingerprint density at radius 3 is 3.00 bits per heavy atom. The fourth-order valence-electron chi connectivity index (χ4n) is 3.04. The van der Waals surface area contributed by atoms with Gasteiger partial charge < -0.3 is 9.84 Å². The molecule has 0 spiro atoms. The first-order chi connectivity index (χ1) is 14.5. The van der Waals surface area contributed by atoms with Crippen LogP contribution in [-0.4, -0.2) is 44.0 Å². The molecule has 4 aromatic rings. The van der Waals surface area contributed by atoms with Crippen LogP contribution in [0.1, 0.15) is 11.1 Å². The topological polar surface area (TPSA) is 96.9 Å². The van der Waals surface area contributed by atoms with E-state index in [1.807, 2.05) is 47.2 Å². The second kappa shape index (κ2) is 8.34. The summed E-state index contributed by atoms with van der Waals surface area (Å²) < 4.78 is 8.42. The Hall–Kier alpha value is -3.08. The monoisotopic (exact) mass is 441 g/mol. The molecule has 0 amide bonds. The van der Waals surface area contributed by atoms with E-state index in [2.05, 4.69) is 9.98 Å². The van der Waals surface area contributed by atoms with Crippen molar-refractivity contribution in [1.82, 2.24) is 18.9 Å². The summed E-state index contributed by atoms with van der Waals surface area (Å²) >= 11 is 6.70. The van der Waals surface area contributed by atoms with Crippen LogP contribution < -0.4 is 5.56 Å². The van der Waals surface area contributed by atoms with Crippen LogP contribution in [0.25, 0.3) is 16.2 Å². The third-order valence-electron chi connectivity index (χ3n) is 4.55. The van der Waals surface area contributed by atoms with Gasteiger partial charge in [0.05, 0.1) is 18.0 Å². The van der Waals surface area contributed by atoms with Crippen molar-refractivity contribution in [2.75, 3.05) is 13.7 Å². The number of aryl methyl sites for hydroxylation is 1. The number of methoxy groups -OCH3 is 1. The lowest BCUT2D eigenvalue weighted by atomic mass is 10.3. The summed E-state index contributed by atoms with van der Waals surface area (Å²) in [5.74, 6) is 0.309. The predicted molar refractivity (Wildman–Crippen MR) is 120 cm³/mol. The summed E-state index contributed by atoms with van der Waals surface area (Å²) in [6, 6.07) is 7.83. The van der Waals surface area contributed by atoms with E-state index in [9.17, 15) is 9.90 Å². The number of ether oxygens (including phenoxy) is 1. The Morgan fingerprint density at radius 1 is 1.43 bits per heavy atom. The van der Waals surface area contributed by atoms with E-state index in [1.165, 1.54) is 10.8 Å². The molecule has 10 heteroatoms. The summed E-state index contributed by atoms with van der Waals surface area (Å²) in [5.41, 5.74) is 2.03. The van der Waals surface area contributed by atoms with Crippen molar-refractivity contribution < 1.29 is 9.84 Å². The Kier molecular flexibility index (Phi) is 5.62. The van der Waals surface area contributed by atoms with Crippen LogP contribution in [0.15, 0.2) is 45.6 Å². The first-order valence-electron chi connectivity index (χ1n) is 9.11. The fourth-order valence-corrected chi connectivity index (χ4v) is 4.02. The summed E-state index contributed by atoms with van der Waals surface area (Å²) in [6.45, 7) is 2.63. The molecule has 0 radical (unpaired) electrons. The van der Waals surface area contributed by atoms with Gasteiger partial charge in [-0.3, -0.25) is 18.7 Å². The van der Waals surface area contributed by atoms with E-state index < -0.39 is 5.56 Å². The minimum atomic E-state index is -0.516. The number of H-pyrrole nitrogens is 1. The van der Waals surface area contributed by atoms with Crippen LogP contribution >= 0.6 is 23.6 Å². The van der Waals surface area contributed by atoms with E-state index in [4.69, 9.17) is 21.9 Å². The molecule has 0 aliphatic rings. The SMILES string of the molecule is COCCn1c(O)c(C=Nc2c(-c3cccs3)nc3cc(C)ccn23)c(=O)[nH]c1=S. The highest BCUT2D eigenvalue weighted by Crippen LogP contribution is 2.34. The molecule has 0 aliphatic heterocycles. The maximum Gasteiger partial charge on any atom is 0.264 e. The molecule has 0 fully saturated rings. The molecule has 4 rings (SSSR count). The molecule has 0 saturated heterocycles. The van der Waals surface area contributed by atoms with E-state index in [0.717, 1.165) is 16.1 Å². The Morgan fingerprint density at radius 2 is 2.27 bits per heavy atom. The van der Waals surface area contributed by atoms with Gasteiger partial charge in [-0.05, 0) is 48.3 Å². The maximum atomic E-state index is 12.4. The van der Waals surface area contributed by atoms with Crippen molar-refractivity contribution in [3.63, 3.8) is 0 Å². The van der Waals surface area contributed by atoms with Crippen LogP contribution in [0.2, 0.25) is 0 Å². The van der Waals surface area contributed by atoms with Gasteiger partial charge >= 0.3 is 0 Å². The summed E-state index contributed by atoms with van der Waals surface area (Å²) in [6.07, 6.45) is 3.23. The molecule has 0 aliphatic carbocycles. The van der Waals surface area contributed by atoms with Crippen LogP contribution in [0, 0.1) is 11.7 Å². The molecular formula is C20H19N5O3S2. The quantitative estimate of drug-likeness (QED) is 0.351. The molecule has 0 unspecified atom stereocenters. The molecule has 0 aromatic carbocycles. The Balaban J connectivity index is 1.86. The number of aliphatic imine (C=N–C) groups is 1. The number of aromatic nitrogens is 4. The van der Waals surface area contributed by atoms with Gasteiger partial charge in [-0.15, -0.1) is 11.3 Å². The number of nitrogens with zero attached hydrogens (tertiary/aromatic N) is 4. The second-order valence-electron chi connectivity index (χ2n) is 6.59. The van der Waals surface area contributed by atoms with Crippen molar-refractivity contribution in [2.45, 2.75) is 13.5 Å². The molecule has 154 valence electrons. The number of pyridine rings is 1. The lowest BCUT2D eigenvalue weighted by Crippen LogP contribution is -2.20. The van der Waals surface area contributed by atoms with Gasteiger partial charge in [-0.25, -0.2) is 9.98 Å². The molecule has 4 heterocycles. The van der Waals surface area contributed by atoms with Gasteiger partial charge in [0, 0.05) is 19.5 Å². The highest BCUT2D eigenvalue weighted by molar-refractivity contribution is 7.71. The van der Waals surface area contributed by atoms with Crippen LogP contribution in [0.3, 0.4) is 0 Å². The smallest absolute Gasteiger partial charge is 0.264 e. The zero-order valence-electron chi connectivity index (χ0n) is 16.3. The Labute approximate surface area is 180 Å². The van der Waals surface area contributed by atoms with Crippen LogP contribution in [0.4, 0.5) is 5.82 Å². The normalized spacial score (nSPS) is 11.7. The lowest BCUT2D eigenvalue weighted by molar-refractivity contribution is 0.182. The number of thiophene rings is 1. The third kappa shape index (κ3) is 3.72. The predicted octanol–water partition coefficient (Wildman–Crippen LogP) is 3.69. The molecule has 0 saturated carbocycles. The maximum absolute atomic E-state index is 12.4. The number of imidazole rings is 1. The van der Waals surface area contributed by atoms with E-state index in [1.54, 1.807) is 18.4 Å². The molecule has 0 atom stereocenters. The number of fused-ring (bicyclic) bond motifs is 1. The van der Waals surface area contributed by atoms with Gasteiger partial charge in [0.25, 0.3) is 5.56 Å². The first kappa shape index (κ1) is 20.2. The van der Waals surface area contributed by atoms with Crippen molar-refractivity contribution in [2.24, 2.45) is 4.99 Å². The summed E-state index contributed by atoms with van der Waals surface area (Å²) in [4.78, 5) is 25.2. The van der Waals surface area contributed by atoms with Gasteiger partial charge in [-0.1, -0.05) is 6.07 Å². The molecular weight excluding hydrogens is 422 g/mol. The van der Waals surface area contributed by atoms with Gasteiger partial charge in [0.1, 0.15) is 16.9 Å². The first-order valence-corrected chi connectivity index (χ1v) is 10.4. The van der Waals surface area contributed by atoms with Gasteiger partial charge in [0.15, 0.2) is 10.6 Å². The zero-order chi connectivity index (χ0) is 21.3. The largest absolute Gasteiger partial charge is 0.494 e. The minimum Gasteiger partial charge on any atom is -0.494 e.